The van der Waals surface area contributed by atoms with Gasteiger partial charge in [-0.3, -0.25) is 4.79 Å². The smallest absolute Gasteiger partial charge is 0.224 e. The molecule has 3 aromatic rings. The van der Waals surface area contributed by atoms with Gasteiger partial charge >= 0.3 is 0 Å². The van der Waals surface area contributed by atoms with Gasteiger partial charge in [-0.15, -0.1) is 0 Å². The lowest BCUT2D eigenvalue weighted by Crippen LogP contribution is -2.40. The summed E-state index contributed by atoms with van der Waals surface area (Å²) < 4.78 is 0. The Morgan fingerprint density at radius 3 is 2.80 bits per heavy atom. The van der Waals surface area contributed by atoms with E-state index in [4.69, 9.17) is 11.6 Å². The molecule has 1 aromatic heterocycles. The van der Waals surface area contributed by atoms with Gasteiger partial charge in [-0.2, -0.15) is 0 Å². The number of carbonyl (C=O) groups excluding carboxylic acids is 1. The van der Waals surface area contributed by atoms with Gasteiger partial charge in [0.05, 0.1) is 19.1 Å². The second kappa shape index (κ2) is 7.72. The predicted octanol–water partition coefficient (Wildman–Crippen LogP) is 3.39. The summed E-state index contributed by atoms with van der Waals surface area (Å²) in [5.74, 6) is -0.108. The first-order valence-corrected chi connectivity index (χ1v) is 8.65. The summed E-state index contributed by atoms with van der Waals surface area (Å²) in [7, 11) is 0. The number of rotatable bonds is 6. The van der Waals surface area contributed by atoms with Gasteiger partial charge < -0.3 is 15.4 Å². The number of hydrogen-bond acceptors (Lipinski definition) is 2. The fourth-order valence-corrected chi connectivity index (χ4v) is 3.19. The van der Waals surface area contributed by atoms with Crippen LogP contribution < -0.4 is 5.32 Å². The molecule has 2 aromatic carbocycles. The Hall–Kier alpha value is -2.30. The minimum atomic E-state index is -0.298. The van der Waals surface area contributed by atoms with E-state index in [1.54, 1.807) is 0 Å². The van der Waals surface area contributed by atoms with Gasteiger partial charge in [-0.1, -0.05) is 41.9 Å². The number of hydrogen-bond donors (Lipinski definition) is 3. The molecule has 4 nitrogen and oxygen atoms in total. The van der Waals surface area contributed by atoms with Crippen molar-refractivity contribution in [3.8, 4) is 0 Å². The van der Waals surface area contributed by atoms with Crippen LogP contribution in [0.1, 0.15) is 16.7 Å². The topological polar surface area (TPSA) is 65.1 Å². The van der Waals surface area contributed by atoms with Crippen LogP contribution in [-0.2, 0) is 17.6 Å². The number of aryl methyl sites for hydroxylation is 1. The molecule has 130 valence electrons. The largest absolute Gasteiger partial charge is 0.394 e. The van der Waals surface area contributed by atoms with Crippen LogP contribution in [0.15, 0.2) is 48.7 Å². The SMILES string of the molecule is Cc1ccccc1C[C@@H](CO)NC(=O)Cc1c[nH]c2cc(Cl)ccc12. The van der Waals surface area contributed by atoms with Gasteiger partial charge in [0, 0.05) is 22.1 Å². The Morgan fingerprint density at radius 1 is 1.24 bits per heavy atom. The van der Waals surface area contributed by atoms with E-state index in [2.05, 4.69) is 10.3 Å². The van der Waals surface area contributed by atoms with E-state index in [-0.39, 0.29) is 25.0 Å². The molecule has 0 unspecified atom stereocenters. The molecule has 1 atom stereocenters. The summed E-state index contributed by atoms with van der Waals surface area (Å²) in [6.45, 7) is 1.94. The quantitative estimate of drug-likeness (QED) is 0.633. The molecule has 0 bridgehead atoms. The highest BCUT2D eigenvalue weighted by molar-refractivity contribution is 6.31. The summed E-state index contributed by atoms with van der Waals surface area (Å²) in [4.78, 5) is 15.5. The monoisotopic (exact) mass is 356 g/mol. The standard InChI is InChI=1S/C20H21ClN2O2/c1-13-4-2-3-5-14(13)8-17(12-24)23-20(25)9-15-11-22-19-10-16(21)6-7-18(15)19/h2-7,10-11,17,22,24H,8-9,12H2,1H3,(H,23,25)/t17-/m0/s1. The van der Waals surface area contributed by atoms with Crippen molar-refractivity contribution in [2.75, 3.05) is 6.61 Å². The number of aromatic nitrogens is 1. The molecular weight excluding hydrogens is 336 g/mol. The normalized spacial score (nSPS) is 12.3. The number of amides is 1. The zero-order valence-electron chi connectivity index (χ0n) is 14.1. The lowest BCUT2D eigenvalue weighted by molar-refractivity contribution is -0.121. The third kappa shape index (κ3) is 4.21. The highest BCUT2D eigenvalue weighted by Gasteiger charge is 2.15. The number of carbonyl (C=O) groups is 1. The van der Waals surface area contributed by atoms with Crippen LogP contribution in [0.5, 0.6) is 0 Å². The first-order chi connectivity index (χ1) is 12.1. The maximum atomic E-state index is 12.4. The fourth-order valence-electron chi connectivity index (χ4n) is 3.02. The summed E-state index contributed by atoms with van der Waals surface area (Å²) in [5.41, 5.74) is 4.11. The molecule has 0 aliphatic heterocycles. The van der Waals surface area contributed by atoms with E-state index in [1.807, 2.05) is 55.6 Å². The number of aliphatic hydroxyl groups excluding tert-OH is 1. The molecule has 0 fully saturated rings. The van der Waals surface area contributed by atoms with E-state index < -0.39 is 0 Å². The first-order valence-electron chi connectivity index (χ1n) is 8.27. The van der Waals surface area contributed by atoms with Crippen molar-refractivity contribution in [2.24, 2.45) is 0 Å². The van der Waals surface area contributed by atoms with E-state index in [0.29, 0.717) is 11.4 Å². The van der Waals surface area contributed by atoms with Gasteiger partial charge in [0.15, 0.2) is 0 Å². The molecule has 1 heterocycles. The van der Waals surface area contributed by atoms with Gasteiger partial charge in [0.1, 0.15) is 0 Å². The molecular formula is C20H21ClN2O2. The van der Waals surface area contributed by atoms with Crippen LogP contribution in [0.25, 0.3) is 10.9 Å². The van der Waals surface area contributed by atoms with Crippen molar-refractivity contribution in [1.29, 1.82) is 0 Å². The van der Waals surface area contributed by atoms with Crippen LogP contribution in [0.4, 0.5) is 0 Å². The Bertz CT molecular complexity index is 888. The average Bonchev–Trinajstić information content (AvgIpc) is 2.98. The minimum Gasteiger partial charge on any atom is -0.394 e. The first kappa shape index (κ1) is 17.5. The van der Waals surface area contributed by atoms with Crippen molar-refractivity contribution < 1.29 is 9.90 Å². The fraction of sp³-hybridized carbons (Fsp3) is 0.250. The maximum absolute atomic E-state index is 12.4. The van der Waals surface area contributed by atoms with Gasteiger partial charge in [0.2, 0.25) is 5.91 Å². The van der Waals surface area contributed by atoms with Crippen LogP contribution in [-0.4, -0.2) is 28.6 Å². The van der Waals surface area contributed by atoms with Gasteiger partial charge in [-0.25, -0.2) is 0 Å². The minimum absolute atomic E-state index is 0.0937. The zero-order chi connectivity index (χ0) is 17.8. The van der Waals surface area contributed by atoms with E-state index >= 15 is 0 Å². The Balaban J connectivity index is 1.67. The van der Waals surface area contributed by atoms with Crippen molar-refractivity contribution in [1.82, 2.24) is 10.3 Å². The zero-order valence-corrected chi connectivity index (χ0v) is 14.8. The molecule has 0 aliphatic rings. The molecule has 0 aliphatic carbocycles. The highest BCUT2D eigenvalue weighted by Crippen LogP contribution is 2.22. The summed E-state index contributed by atoms with van der Waals surface area (Å²) in [5, 5.41) is 14.2. The lowest BCUT2D eigenvalue weighted by atomic mass is 10.0. The Morgan fingerprint density at radius 2 is 2.04 bits per heavy atom. The molecule has 0 spiro atoms. The average molecular weight is 357 g/mol. The molecule has 25 heavy (non-hydrogen) atoms. The van der Waals surface area contributed by atoms with E-state index in [1.165, 1.54) is 0 Å². The van der Waals surface area contributed by atoms with Gasteiger partial charge in [0.25, 0.3) is 0 Å². The number of aromatic amines is 1. The Kier molecular flexibility index (Phi) is 5.41. The number of H-pyrrole nitrogens is 1. The van der Waals surface area contributed by atoms with Gasteiger partial charge in [-0.05, 0) is 42.2 Å². The van der Waals surface area contributed by atoms with E-state index in [9.17, 15) is 9.90 Å². The molecule has 0 radical (unpaired) electrons. The van der Waals surface area contributed by atoms with Crippen molar-refractivity contribution in [3.63, 3.8) is 0 Å². The summed E-state index contributed by atoms with van der Waals surface area (Å²) in [6, 6.07) is 13.3. The second-order valence-corrected chi connectivity index (χ2v) is 6.69. The number of halogens is 1. The predicted molar refractivity (Wildman–Crippen MR) is 101 cm³/mol. The Labute approximate surface area is 151 Å². The molecule has 0 saturated carbocycles. The van der Waals surface area contributed by atoms with E-state index in [0.717, 1.165) is 27.6 Å². The number of fused-ring (bicyclic) bond motifs is 1. The maximum Gasteiger partial charge on any atom is 0.224 e. The van der Waals surface area contributed by atoms with Crippen LogP contribution in [0, 0.1) is 6.92 Å². The third-order valence-electron chi connectivity index (χ3n) is 4.39. The number of benzene rings is 2. The van der Waals surface area contributed by atoms with Crippen LogP contribution in [0.2, 0.25) is 5.02 Å². The molecule has 1 amide bonds. The second-order valence-electron chi connectivity index (χ2n) is 6.26. The summed E-state index contributed by atoms with van der Waals surface area (Å²) in [6.07, 6.45) is 2.69. The number of nitrogens with one attached hydrogen (secondary N) is 2. The van der Waals surface area contributed by atoms with Crippen molar-refractivity contribution in [2.45, 2.75) is 25.8 Å². The highest BCUT2D eigenvalue weighted by atomic mass is 35.5. The molecule has 3 rings (SSSR count). The summed E-state index contributed by atoms with van der Waals surface area (Å²) >= 11 is 5.98. The molecule has 0 saturated heterocycles. The number of aliphatic hydroxyl groups is 1. The van der Waals surface area contributed by atoms with Crippen LogP contribution >= 0.6 is 11.6 Å². The molecule has 5 heteroatoms. The molecule has 3 N–H and O–H groups in total. The third-order valence-corrected chi connectivity index (χ3v) is 4.63. The lowest BCUT2D eigenvalue weighted by Gasteiger charge is -2.17. The van der Waals surface area contributed by atoms with Crippen molar-refractivity contribution in [3.05, 3.63) is 70.4 Å². The van der Waals surface area contributed by atoms with Crippen LogP contribution in [0.3, 0.4) is 0 Å². The van der Waals surface area contributed by atoms with Crippen molar-refractivity contribution >= 4 is 28.4 Å².